The highest BCUT2D eigenvalue weighted by molar-refractivity contribution is 6.07. The van der Waals surface area contributed by atoms with E-state index < -0.39 is 5.97 Å². The van der Waals surface area contributed by atoms with Gasteiger partial charge in [0.2, 0.25) is 0 Å². The van der Waals surface area contributed by atoms with Crippen molar-refractivity contribution in [1.29, 1.82) is 0 Å². The summed E-state index contributed by atoms with van der Waals surface area (Å²) in [5.41, 5.74) is 2.37. The van der Waals surface area contributed by atoms with Crippen molar-refractivity contribution < 1.29 is 14.7 Å². The standard InChI is InChI=1S/C20H30N4O3/c1-8-9-23(11-16(25)26)19(27)14-10-15(12(2)3)21-18-17(14)13(4)22-24(18)20(5,6)7/h10,12H,8-9,11H2,1-7H3,(H,25,26). The van der Waals surface area contributed by atoms with Crippen LogP contribution in [0.3, 0.4) is 0 Å². The smallest absolute Gasteiger partial charge is 0.323 e. The SMILES string of the molecule is CCCN(CC(=O)O)C(=O)c1cc(C(C)C)nc2c1c(C)nn2C(C)(C)C. The molecule has 0 atom stereocenters. The van der Waals surface area contributed by atoms with E-state index in [1.165, 1.54) is 4.90 Å². The third kappa shape index (κ3) is 4.28. The molecule has 0 aromatic carbocycles. The van der Waals surface area contributed by atoms with Crippen LogP contribution in [-0.2, 0) is 10.3 Å². The second kappa shape index (κ2) is 7.66. The van der Waals surface area contributed by atoms with Gasteiger partial charge in [-0.05, 0) is 46.1 Å². The molecule has 2 heterocycles. The minimum atomic E-state index is -1.02. The Morgan fingerprint density at radius 3 is 2.41 bits per heavy atom. The first kappa shape index (κ1) is 20.9. The summed E-state index contributed by atoms with van der Waals surface area (Å²) in [6.07, 6.45) is 0.685. The molecule has 2 aromatic heterocycles. The number of carboxylic acids is 1. The monoisotopic (exact) mass is 374 g/mol. The van der Waals surface area contributed by atoms with E-state index in [4.69, 9.17) is 4.98 Å². The summed E-state index contributed by atoms with van der Waals surface area (Å²) in [5.74, 6) is -1.18. The van der Waals surface area contributed by atoms with E-state index in [1.807, 2.05) is 53.1 Å². The van der Waals surface area contributed by atoms with Gasteiger partial charge in [0.1, 0.15) is 6.54 Å². The molecule has 0 radical (unpaired) electrons. The summed E-state index contributed by atoms with van der Waals surface area (Å²) < 4.78 is 1.85. The highest BCUT2D eigenvalue weighted by atomic mass is 16.4. The van der Waals surface area contributed by atoms with Gasteiger partial charge in [-0.2, -0.15) is 5.10 Å². The fraction of sp³-hybridized carbons (Fsp3) is 0.600. The number of hydrogen-bond acceptors (Lipinski definition) is 4. The zero-order valence-corrected chi connectivity index (χ0v) is 17.3. The van der Waals surface area contributed by atoms with Gasteiger partial charge < -0.3 is 10.0 Å². The van der Waals surface area contributed by atoms with Crippen molar-refractivity contribution in [3.8, 4) is 0 Å². The Kier molecular flexibility index (Phi) is 5.92. The molecule has 0 saturated carbocycles. The summed E-state index contributed by atoms with van der Waals surface area (Å²) in [4.78, 5) is 30.7. The Morgan fingerprint density at radius 2 is 1.93 bits per heavy atom. The summed E-state index contributed by atoms with van der Waals surface area (Å²) in [7, 11) is 0. The van der Waals surface area contributed by atoms with Crippen LogP contribution in [0.5, 0.6) is 0 Å². The lowest BCUT2D eigenvalue weighted by atomic mass is 10.0. The molecule has 27 heavy (non-hydrogen) atoms. The fourth-order valence-corrected chi connectivity index (χ4v) is 3.10. The van der Waals surface area contributed by atoms with E-state index in [0.29, 0.717) is 29.6 Å². The highest BCUT2D eigenvalue weighted by Crippen LogP contribution is 2.29. The first-order valence-electron chi connectivity index (χ1n) is 9.39. The van der Waals surface area contributed by atoms with Gasteiger partial charge in [0, 0.05) is 12.2 Å². The van der Waals surface area contributed by atoms with Crippen molar-refractivity contribution in [2.45, 2.75) is 66.3 Å². The number of carbonyl (C=O) groups excluding carboxylic acids is 1. The van der Waals surface area contributed by atoms with Crippen molar-refractivity contribution in [2.75, 3.05) is 13.1 Å². The average molecular weight is 374 g/mol. The maximum absolute atomic E-state index is 13.3. The second-order valence-electron chi connectivity index (χ2n) is 8.24. The molecule has 0 unspecified atom stereocenters. The summed E-state index contributed by atoms with van der Waals surface area (Å²) in [6, 6.07) is 1.79. The number of fused-ring (bicyclic) bond motifs is 1. The molecule has 7 heteroatoms. The normalized spacial score (nSPS) is 12.0. The largest absolute Gasteiger partial charge is 0.480 e. The Labute approximate surface area is 160 Å². The number of aryl methyl sites for hydroxylation is 1. The van der Waals surface area contributed by atoms with Crippen LogP contribution in [0.4, 0.5) is 0 Å². The van der Waals surface area contributed by atoms with E-state index in [2.05, 4.69) is 5.10 Å². The van der Waals surface area contributed by atoms with Gasteiger partial charge in [-0.25, -0.2) is 9.67 Å². The van der Waals surface area contributed by atoms with E-state index in [0.717, 1.165) is 11.4 Å². The quantitative estimate of drug-likeness (QED) is 0.835. The van der Waals surface area contributed by atoms with Crippen LogP contribution in [0.1, 0.15) is 75.6 Å². The lowest BCUT2D eigenvalue weighted by Gasteiger charge is -2.22. The molecule has 148 valence electrons. The molecule has 0 bridgehead atoms. The van der Waals surface area contributed by atoms with Gasteiger partial charge in [-0.1, -0.05) is 20.8 Å². The zero-order valence-electron chi connectivity index (χ0n) is 17.3. The Balaban J connectivity index is 2.76. The van der Waals surface area contributed by atoms with E-state index >= 15 is 0 Å². The average Bonchev–Trinajstić information content (AvgIpc) is 2.90. The molecule has 0 aliphatic rings. The lowest BCUT2D eigenvalue weighted by Crippen LogP contribution is -2.36. The molecule has 0 aliphatic heterocycles. The summed E-state index contributed by atoms with van der Waals surface area (Å²) in [5, 5.41) is 14.5. The molecule has 0 spiro atoms. The number of aliphatic carboxylic acids is 1. The molecule has 0 fully saturated rings. The zero-order chi connectivity index (χ0) is 20.5. The fourth-order valence-electron chi connectivity index (χ4n) is 3.10. The molecule has 0 aliphatic carbocycles. The third-order valence-corrected chi connectivity index (χ3v) is 4.40. The van der Waals surface area contributed by atoms with Gasteiger partial charge >= 0.3 is 5.97 Å². The molecule has 1 amide bonds. The number of hydrogen-bond donors (Lipinski definition) is 1. The number of carbonyl (C=O) groups is 2. The summed E-state index contributed by atoms with van der Waals surface area (Å²) in [6.45, 7) is 14.0. The number of rotatable bonds is 6. The molecule has 2 aromatic rings. The minimum Gasteiger partial charge on any atom is -0.480 e. The molecule has 0 saturated heterocycles. The van der Waals surface area contributed by atoms with Crippen LogP contribution in [-0.4, -0.2) is 49.7 Å². The lowest BCUT2D eigenvalue weighted by molar-refractivity contribution is -0.137. The maximum Gasteiger partial charge on any atom is 0.323 e. The van der Waals surface area contributed by atoms with Gasteiger partial charge in [0.05, 0.1) is 22.2 Å². The summed E-state index contributed by atoms with van der Waals surface area (Å²) >= 11 is 0. The van der Waals surface area contributed by atoms with Gasteiger partial charge in [-0.3, -0.25) is 9.59 Å². The number of amides is 1. The van der Waals surface area contributed by atoms with Crippen LogP contribution < -0.4 is 0 Å². The Bertz CT molecular complexity index is 862. The van der Waals surface area contributed by atoms with Crippen molar-refractivity contribution >= 4 is 22.9 Å². The predicted octanol–water partition coefficient (Wildman–Crippen LogP) is 3.55. The van der Waals surface area contributed by atoms with Gasteiger partial charge in [-0.15, -0.1) is 0 Å². The van der Waals surface area contributed by atoms with Crippen LogP contribution in [0, 0.1) is 6.92 Å². The molecular weight excluding hydrogens is 344 g/mol. The predicted molar refractivity (Wildman–Crippen MR) is 105 cm³/mol. The number of nitrogens with zero attached hydrogens (tertiary/aromatic N) is 4. The first-order chi connectivity index (χ1) is 12.5. The van der Waals surface area contributed by atoms with Crippen molar-refractivity contribution in [3.63, 3.8) is 0 Å². The van der Waals surface area contributed by atoms with Crippen molar-refractivity contribution in [3.05, 3.63) is 23.0 Å². The highest BCUT2D eigenvalue weighted by Gasteiger charge is 2.27. The Morgan fingerprint density at radius 1 is 1.30 bits per heavy atom. The Hall–Kier alpha value is -2.44. The van der Waals surface area contributed by atoms with Crippen LogP contribution >= 0.6 is 0 Å². The second-order valence-corrected chi connectivity index (χ2v) is 8.24. The van der Waals surface area contributed by atoms with Crippen molar-refractivity contribution in [2.24, 2.45) is 0 Å². The topological polar surface area (TPSA) is 88.3 Å². The van der Waals surface area contributed by atoms with Crippen molar-refractivity contribution in [1.82, 2.24) is 19.7 Å². The number of aromatic nitrogens is 3. The van der Waals surface area contributed by atoms with Crippen LogP contribution in [0.25, 0.3) is 11.0 Å². The van der Waals surface area contributed by atoms with Crippen LogP contribution in [0.15, 0.2) is 6.07 Å². The van der Waals surface area contributed by atoms with E-state index in [-0.39, 0.29) is 23.9 Å². The number of carboxylic acid groups (broad SMARTS) is 1. The molecule has 1 N–H and O–H groups in total. The van der Waals surface area contributed by atoms with Crippen LogP contribution in [0.2, 0.25) is 0 Å². The molecule has 2 rings (SSSR count). The van der Waals surface area contributed by atoms with E-state index in [1.54, 1.807) is 6.07 Å². The first-order valence-corrected chi connectivity index (χ1v) is 9.39. The van der Waals surface area contributed by atoms with Gasteiger partial charge in [0.15, 0.2) is 5.65 Å². The minimum absolute atomic E-state index is 0.128. The molecule has 7 nitrogen and oxygen atoms in total. The van der Waals surface area contributed by atoms with Gasteiger partial charge in [0.25, 0.3) is 5.91 Å². The maximum atomic E-state index is 13.3. The third-order valence-electron chi connectivity index (χ3n) is 4.40. The van der Waals surface area contributed by atoms with E-state index in [9.17, 15) is 14.7 Å². The molecular formula is C20H30N4O3. The number of pyridine rings is 1.